The first kappa shape index (κ1) is 25.0. The van der Waals surface area contributed by atoms with Crippen molar-refractivity contribution in [3.63, 3.8) is 0 Å². The Hall–Kier alpha value is -4.15. The lowest BCUT2D eigenvalue weighted by Crippen LogP contribution is -2.45. The highest BCUT2D eigenvalue weighted by Crippen LogP contribution is 2.20. The number of piperazine rings is 1. The van der Waals surface area contributed by atoms with Gasteiger partial charge in [0.05, 0.1) is 11.6 Å². The first-order chi connectivity index (χ1) is 17.6. The number of esters is 1. The number of hydrogen-bond acceptors (Lipinski definition) is 6. The second-order valence-electron chi connectivity index (χ2n) is 8.81. The van der Waals surface area contributed by atoms with Gasteiger partial charge in [0.15, 0.2) is 6.61 Å². The molecule has 1 N–H and O–H groups in total. The zero-order chi connectivity index (χ0) is 25.2. The number of amides is 1. The molecule has 184 valence electrons. The van der Waals surface area contributed by atoms with Crippen LogP contribution in [0.2, 0.25) is 0 Å². The largest absolute Gasteiger partial charge is 0.456 e. The third kappa shape index (κ3) is 7.42. The van der Waals surface area contributed by atoms with Crippen LogP contribution in [0.5, 0.6) is 0 Å². The summed E-state index contributed by atoms with van der Waals surface area (Å²) in [6.45, 7) is 4.57. The van der Waals surface area contributed by atoms with Gasteiger partial charge in [0, 0.05) is 50.5 Å². The standard InChI is InChI=1S/C29H30N4O3/c30-20-24-8-6-23(7-9-24)10-15-29(35)36-22-28(34)31-26-11-13-27(14-12-26)33-18-16-32(17-19-33)21-25-4-2-1-3-5-25/h1-9,11-14H,10,15-19,21-22H2,(H,31,34). The first-order valence-electron chi connectivity index (χ1n) is 12.1. The van der Waals surface area contributed by atoms with E-state index in [0.717, 1.165) is 44.0 Å². The molecule has 0 saturated carbocycles. The lowest BCUT2D eigenvalue weighted by Gasteiger charge is -2.36. The van der Waals surface area contributed by atoms with Crippen molar-refractivity contribution in [3.8, 4) is 6.07 Å². The maximum atomic E-state index is 12.2. The van der Waals surface area contributed by atoms with Gasteiger partial charge in [-0.1, -0.05) is 42.5 Å². The van der Waals surface area contributed by atoms with E-state index in [1.54, 1.807) is 12.1 Å². The SMILES string of the molecule is N#Cc1ccc(CCC(=O)OCC(=O)Nc2ccc(N3CCN(Cc4ccccc4)CC3)cc2)cc1. The number of nitrogens with zero attached hydrogens (tertiary/aromatic N) is 3. The Labute approximate surface area is 211 Å². The molecule has 0 bridgehead atoms. The Bertz CT molecular complexity index is 1180. The highest BCUT2D eigenvalue weighted by atomic mass is 16.5. The van der Waals surface area contributed by atoms with Gasteiger partial charge in [-0.25, -0.2) is 0 Å². The quantitative estimate of drug-likeness (QED) is 0.464. The highest BCUT2D eigenvalue weighted by Gasteiger charge is 2.17. The van der Waals surface area contributed by atoms with Crippen molar-refractivity contribution in [1.82, 2.24) is 4.90 Å². The average molecular weight is 483 g/mol. The molecule has 7 nitrogen and oxygen atoms in total. The lowest BCUT2D eigenvalue weighted by molar-refractivity contribution is -0.147. The molecule has 1 heterocycles. The monoisotopic (exact) mass is 482 g/mol. The summed E-state index contributed by atoms with van der Waals surface area (Å²) in [6, 6.07) is 27.4. The van der Waals surface area contributed by atoms with Gasteiger partial charge in [0.2, 0.25) is 0 Å². The molecule has 0 unspecified atom stereocenters. The highest BCUT2D eigenvalue weighted by molar-refractivity contribution is 5.93. The number of nitriles is 1. The van der Waals surface area contributed by atoms with Gasteiger partial charge in [-0.05, 0) is 53.9 Å². The van der Waals surface area contributed by atoms with Crippen LogP contribution in [0.25, 0.3) is 0 Å². The van der Waals surface area contributed by atoms with Crippen LogP contribution in [0.3, 0.4) is 0 Å². The summed E-state index contributed by atoms with van der Waals surface area (Å²) in [5.41, 5.74) is 4.64. The van der Waals surface area contributed by atoms with E-state index in [1.807, 2.05) is 42.5 Å². The molecule has 0 atom stereocenters. The zero-order valence-corrected chi connectivity index (χ0v) is 20.2. The number of benzene rings is 3. The number of anilines is 2. The molecule has 1 aliphatic rings. The maximum absolute atomic E-state index is 12.2. The fourth-order valence-corrected chi connectivity index (χ4v) is 4.17. The number of nitrogens with one attached hydrogen (secondary N) is 1. The summed E-state index contributed by atoms with van der Waals surface area (Å²) in [5.74, 6) is -0.805. The number of ether oxygens (including phenoxy) is 1. The van der Waals surface area contributed by atoms with Gasteiger partial charge in [-0.3, -0.25) is 14.5 Å². The molecule has 3 aromatic carbocycles. The molecule has 3 aromatic rings. The molecule has 4 rings (SSSR count). The number of hydrogen-bond donors (Lipinski definition) is 1. The van der Waals surface area contributed by atoms with E-state index in [2.05, 4.69) is 45.5 Å². The van der Waals surface area contributed by atoms with Gasteiger partial charge in [0.25, 0.3) is 5.91 Å². The van der Waals surface area contributed by atoms with Gasteiger partial charge in [0.1, 0.15) is 0 Å². The van der Waals surface area contributed by atoms with E-state index < -0.39 is 5.97 Å². The Morgan fingerprint density at radius 3 is 2.22 bits per heavy atom. The van der Waals surface area contributed by atoms with Crippen molar-refractivity contribution in [1.29, 1.82) is 5.26 Å². The summed E-state index contributed by atoms with van der Waals surface area (Å²) in [5, 5.41) is 11.6. The van der Waals surface area contributed by atoms with Crippen LogP contribution in [0, 0.1) is 11.3 Å². The van der Waals surface area contributed by atoms with E-state index in [4.69, 9.17) is 10.00 Å². The zero-order valence-electron chi connectivity index (χ0n) is 20.2. The van der Waals surface area contributed by atoms with Gasteiger partial charge < -0.3 is 15.0 Å². The number of carbonyl (C=O) groups is 2. The molecule has 36 heavy (non-hydrogen) atoms. The average Bonchev–Trinajstić information content (AvgIpc) is 2.92. The van der Waals surface area contributed by atoms with Gasteiger partial charge in [-0.15, -0.1) is 0 Å². The summed E-state index contributed by atoms with van der Waals surface area (Å²) in [4.78, 5) is 29.0. The summed E-state index contributed by atoms with van der Waals surface area (Å²) in [6.07, 6.45) is 0.667. The van der Waals surface area contributed by atoms with Gasteiger partial charge in [-0.2, -0.15) is 5.26 Å². The molecular weight excluding hydrogens is 452 g/mol. The van der Waals surface area contributed by atoms with Crippen molar-refractivity contribution in [2.24, 2.45) is 0 Å². The normalized spacial score (nSPS) is 13.6. The van der Waals surface area contributed by atoms with Crippen molar-refractivity contribution >= 4 is 23.3 Å². The van der Waals surface area contributed by atoms with Crippen molar-refractivity contribution in [3.05, 3.63) is 95.6 Å². The molecule has 0 aromatic heterocycles. The van der Waals surface area contributed by atoms with Crippen molar-refractivity contribution in [2.45, 2.75) is 19.4 Å². The molecule has 0 radical (unpaired) electrons. The van der Waals surface area contributed by atoms with Crippen LogP contribution in [0.1, 0.15) is 23.1 Å². The first-order valence-corrected chi connectivity index (χ1v) is 12.1. The summed E-state index contributed by atoms with van der Waals surface area (Å²) >= 11 is 0. The fraction of sp³-hybridized carbons (Fsp3) is 0.276. The summed E-state index contributed by atoms with van der Waals surface area (Å²) in [7, 11) is 0. The third-order valence-electron chi connectivity index (χ3n) is 6.20. The molecule has 7 heteroatoms. The molecule has 1 saturated heterocycles. The number of aryl methyl sites for hydroxylation is 1. The Kier molecular flexibility index (Phi) is 8.68. The number of carbonyl (C=O) groups excluding carboxylic acids is 2. The summed E-state index contributed by atoms with van der Waals surface area (Å²) < 4.78 is 5.10. The Morgan fingerprint density at radius 1 is 0.861 bits per heavy atom. The van der Waals surface area contributed by atoms with Crippen LogP contribution in [0.15, 0.2) is 78.9 Å². The van der Waals surface area contributed by atoms with E-state index in [0.29, 0.717) is 17.7 Å². The minimum Gasteiger partial charge on any atom is -0.456 e. The molecule has 0 aliphatic carbocycles. The van der Waals surface area contributed by atoms with Crippen LogP contribution in [0.4, 0.5) is 11.4 Å². The second-order valence-corrected chi connectivity index (χ2v) is 8.81. The Balaban J connectivity index is 1.15. The minimum atomic E-state index is -0.434. The van der Waals surface area contributed by atoms with Gasteiger partial charge >= 0.3 is 5.97 Å². The van der Waals surface area contributed by atoms with Crippen LogP contribution < -0.4 is 10.2 Å². The second kappa shape index (κ2) is 12.5. The Morgan fingerprint density at radius 2 is 1.56 bits per heavy atom. The van der Waals surface area contributed by atoms with E-state index in [9.17, 15) is 9.59 Å². The fourth-order valence-electron chi connectivity index (χ4n) is 4.17. The van der Waals surface area contributed by atoms with E-state index in [-0.39, 0.29) is 18.9 Å². The molecule has 0 spiro atoms. The molecular formula is C29H30N4O3. The molecule has 1 amide bonds. The predicted molar refractivity (Wildman–Crippen MR) is 139 cm³/mol. The van der Waals surface area contributed by atoms with Crippen molar-refractivity contribution < 1.29 is 14.3 Å². The third-order valence-corrected chi connectivity index (χ3v) is 6.20. The predicted octanol–water partition coefficient (Wildman–Crippen LogP) is 3.99. The van der Waals surface area contributed by atoms with Crippen LogP contribution in [-0.2, 0) is 27.3 Å². The smallest absolute Gasteiger partial charge is 0.306 e. The topological polar surface area (TPSA) is 85.7 Å². The minimum absolute atomic E-state index is 0.173. The van der Waals surface area contributed by atoms with E-state index >= 15 is 0 Å². The van der Waals surface area contributed by atoms with Crippen LogP contribution >= 0.6 is 0 Å². The van der Waals surface area contributed by atoms with Crippen molar-refractivity contribution in [2.75, 3.05) is 43.0 Å². The van der Waals surface area contributed by atoms with Crippen LogP contribution in [-0.4, -0.2) is 49.6 Å². The lowest BCUT2D eigenvalue weighted by atomic mass is 10.1. The molecule has 1 aliphatic heterocycles. The maximum Gasteiger partial charge on any atom is 0.306 e. The number of rotatable bonds is 9. The van der Waals surface area contributed by atoms with E-state index in [1.165, 1.54) is 5.56 Å². The molecule has 1 fully saturated rings.